The first kappa shape index (κ1) is 17.3. The smallest absolute Gasteiger partial charge is 0.331 e. The number of rotatable bonds is 9. The molecule has 0 aliphatic heterocycles. The lowest BCUT2D eigenvalue weighted by molar-refractivity contribution is -0.140. The van der Waals surface area contributed by atoms with Crippen LogP contribution in [-0.4, -0.2) is 37.0 Å². The first-order chi connectivity index (χ1) is 8.81. The van der Waals surface area contributed by atoms with Crippen LogP contribution >= 0.6 is 0 Å². The van der Waals surface area contributed by atoms with Crippen LogP contribution in [0.5, 0.6) is 0 Å². The summed E-state index contributed by atoms with van der Waals surface area (Å²) in [5.74, 6) is -1.52. The zero-order chi connectivity index (χ0) is 14.9. The number of ether oxygens (including phenoxy) is 2. The van der Waals surface area contributed by atoms with Gasteiger partial charge in [-0.3, -0.25) is 4.55 Å². The van der Waals surface area contributed by atoms with E-state index in [9.17, 15) is 18.0 Å². The SMILES string of the molecule is C=CC(=O)OCCCCC(OC(=O)C=C)S(=O)(=O)O. The van der Waals surface area contributed by atoms with Crippen LogP contribution in [0, 0.1) is 0 Å². The van der Waals surface area contributed by atoms with Gasteiger partial charge in [0.1, 0.15) is 0 Å². The zero-order valence-corrected chi connectivity index (χ0v) is 11.1. The summed E-state index contributed by atoms with van der Waals surface area (Å²) in [5.41, 5.74) is -1.65. The highest BCUT2D eigenvalue weighted by Crippen LogP contribution is 2.11. The predicted molar refractivity (Wildman–Crippen MR) is 66.6 cm³/mol. The van der Waals surface area contributed by atoms with E-state index in [0.29, 0.717) is 6.42 Å². The minimum atomic E-state index is -4.49. The molecule has 0 spiro atoms. The van der Waals surface area contributed by atoms with Crippen molar-refractivity contribution in [2.75, 3.05) is 6.61 Å². The van der Waals surface area contributed by atoms with Crippen molar-refractivity contribution in [2.45, 2.75) is 24.7 Å². The number of carbonyl (C=O) groups is 2. The van der Waals surface area contributed by atoms with E-state index in [4.69, 9.17) is 4.55 Å². The summed E-state index contributed by atoms with van der Waals surface area (Å²) >= 11 is 0. The summed E-state index contributed by atoms with van der Waals surface area (Å²) in [6.07, 6.45) is 2.33. The normalized spacial score (nSPS) is 12.3. The second-order valence-electron chi connectivity index (χ2n) is 3.45. The second kappa shape index (κ2) is 8.44. The Balaban J connectivity index is 4.15. The van der Waals surface area contributed by atoms with Crippen LogP contribution in [0.15, 0.2) is 25.3 Å². The molecule has 7 nitrogen and oxygen atoms in total. The maximum absolute atomic E-state index is 10.9. The molecule has 0 aromatic rings. The molecule has 19 heavy (non-hydrogen) atoms. The van der Waals surface area contributed by atoms with E-state index in [1.165, 1.54) is 0 Å². The van der Waals surface area contributed by atoms with Gasteiger partial charge in [-0.15, -0.1) is 0 Å². The first-order valence-electron chi connectivity index (χ1n) is 5.39. The Morgan fingerprint density at radius 1 is 1.16 bits per heavy atom. The third kappa shape index (κ3) is 8.11. The van der Waals surface area contributed by atoms with Gasteiger partial charge in [-0.1, -0.05) is 13.2 Å². The van der Waals surface area contributed by atoms with Crippen molar-refractivity contribution in [1.29, 1.82) is 0 Å². The van der Waals surface area contributed by atoms with E-state index in [0.717, 1.165) is 12.2 Å². The Hall–Kier alpha value is -1.67. The Bertz CT molecular complexity index is 438. The molecule has 1 N–H and O–H groups in total. The summed E-state index contributed by atoms with van der Waals surface area (Å²) in [7, 11) is -4.49. The summed E-state index contributed by atoms with van der Waals surface area (Å²) in [6.45, 7) is 6.41. The van der Waals surface area contributed by atoms with E-state index < -0.39 is 27.5 Å². The first-order valence-corrected chi connectivity index (χ1v) is 6.90. The molecule has 0 bridgehead atoms. The fraction of sp³-hybridized carbons (Fsp3) is 0.455. The van der Waals surface area contributed by atoms with Crippen molar-refractivity contribution in [2.24, 2.45) is 0 Å². The molecule has 0 aliphatic carbocycles. The summed E-state index contributed by atoms with van der Waals surface area (Å²) in [5, 5.41) is 0. The van der Waals surface area contributed by atoms with Crippen molar-refractivity contribution in [3.8, 4) is 0 Å². The van der Waals surface area contributed by atoms with Crippen molar-refractivity contribution < 1.29 is 32.0 Å². The highest BCUT2D eigenvalue weighted by atomic mass is 32.2. The van der Waals surface area contributed by atoms with Gasteiger partial charge in [0.2, 0.25) is 5.44 Å². The lowest BCUT2D eigenvalue weighted by Gasteiger charge is -2.13. The maximum atomic E-state index is 10.9. The topological polar surface area (TPSA) is 107 Å². The van der Waals surface area contributed by atoms with Crippen LogP contribution in [-0.2, 0) is 29.2 Å². The molecule has 108 valence electrons. The molecule has 0 aliphatic rings. The highest BCUT2D eigenvalue weighted by molar-refractivity contribution is 7.86. The van der Waals surface area contributed by atoms with Crippen LogP contribution in [0.25, 0.3) is 0 Å². The lowest BCUT2D eigenvalue weighted by atomic mass is 10.2. The van der Waals surface area contributed by atoms with Crippen LogP contribution in [0.3, 0.4) is 0 Å². The molecule has 0 radical (unpaired) electrons. The molecule has 0 heterocycles. The van der Waals surface area contributed by atoms with Gasteiger partial charge in [-0.05, 0) is 12.8 Å². The van der Waals surface area contributed by atoms with Gasteiger partial charge in [0.05, 0.1) is 6.61 Å². The van der Waals surface area contributed by atoms with Crippen molar-refractivity contribution in [3.63, 3.8) is 0 Å². The molecule has 0 saturated carbocycles. The molecule has 0 saturated heterocycles. The van der Waals surface area contributed by atoms with Gasteiger partial charge in [0.15, 0.2) is 0 Å². The summed E-state index contributed by atoms with van der Waals surface area (Å²) in [6, 6.07) is 0. The second-order valence-corrected chi connectivity index (χ2v) is 5.01. The average Bonchev–Trinajstić information content (AvgIpc) is 2.34. The monoisotopic (exact) mass is 292 g/mol. The number of hydrogen-bond donors (Lipinski definition) is 1. The van der Waals surface area contributed by atoms with Crippen LogP contribution in [0.2, 0.25) is 0 Å². The van der Waals surface area contributed by atoms with Gasteiger partial charge in [-0.25, -0.2) is 9.59 Å². The number of unbranched alkanes of at least 4 members (excludes halogenated alkanes) is 1. The van der Waals surface area contributed by atoms with Gasteiger partial charge in [0, 0.05) is 18.6 Å². The van der Waals surface area contributed by atoms with Crippen molar-refractivity contribution in [3.05, 3.63) is 25.3 Å². The summed E-state index contributed by atoms with van der Waals surface area (Å²) < 4.78 is 39.9. The number of carbonyl (C=O) groups excluding carboxylic acids is 2. The average molecular weight is 292 g/mol. The molecule has 1 unspecified atom stereocenters. The molecule has 0 amide bonds. The van der Waals surface area contributed by atoms with Gasteiger partial charge >= 0.3 is 22.1 Å². The largest absolute Gasteiger partial charge is 0.463 e. The van der Waals surface area contributed by atoms with E-state index in [2.05, 4.69) is 22.6 Å². The fourth-order valence-corrected chi connectivity index (χ4v) is 1.77. The third-order valence-electron chi connectivity index (χ3n) is 1.99. The van der Waals surface area contributed by atoms with Gasteiger partial charge < -0.3 is 9.47 Å². The maximum Gasteiger partial charge on any atom is 0.331 e. The zero-order valence-electron chi connectivity index (χ0n) is 10.3. The molecule has 0 rings (SSSR count). The standard InChI is InChI=1S/C11H16O7S/c1-3-9(12)17-8-6-5-7-11(19(14,15)16)18-10(13)4-2/h3-4,11H,1-2,5-8H2,(H,14,15,16). The molecule has 1 atom stereocenters. The number of hydrogen-bond acceptors (Lipinski definition) is 6. The van der Waals surface area contributed by atoms with Crippen LogP contribution < -0.4 is 0 Å². The van der Waals surface area contributed by atoms with E-state index in [1.54, 1.807) is 0 Å². The van der Waals surface area contributed by atoms with E-state index in [1.807, 2.05) is 0 Å². The highest BCUT2D eigenvalue weighted by Gasteiger charge is 2.25. The van der Waals surface area contributed by atoms with Gasteiger partial charge in [0.25, 0.3) is 0 Å². The summed E-state index contributed by atoms with van der Waals surface area (Å²) in [4.78, 5) is 21.6. The lowest BCUT2D eigenvalue weighted by Crippen LogP contribution is -2.26. The third-order valence-corrected chi connectivity index (χ3v) is 2.99. The molecular formula is C11H16O7S. The molecule has 0 aromatic carbocycles. The Kier molecular flexibility index (Phi) is 7.69. The van der Waals surface area contributed by atoms with Crippen LogP contribution in [0.1, 0.15) is 19.3 Å². The molecule has 8 heteroatoms. The Morgan fingerprint density at radius 3 is 2.21 bits per heavy atom. The predicted octanol–water partition coefficient (Wildman–Crippen LogP) is 0.829. The van der Waals surface area contributed by atoms with Crippen molar-refractivity contribution in [1.82, 2.24) is 0 Å². The number of esters is 2. The van der Waals surface area contributed by atoms with E-state index in [-0.39, 0.29) is 19.4 Å². The fourth-order valence-electron chi connectivity index (χ4n) is 1.09. The van der Waals surface area contributed by atoms with Crippen LogP contribution in [0.4, 0.5) is 0 Å². The molecular weight excluding hydrogens is 276 g/mol. The minimum absolute atomic E-state index is 0.0818. The Labute approximate surface area is 111 Å². The molecule has 0 aromatic heterocycles. The quantitative estimate of drug-likeness (QED) is 0.290. The van der Waals surface area contributed by atoms with Crippen molar-refractivity contribution >= 4 is 22.1 Å². The minimum Gasteiger partial charge on any atom is -0.463 e. The van der Waals surface area contributed by atoms with Gasteiger partial charge in [-0.2, -0.15) is 8.42 Å². The molecule has 0 fully saturated rings. The van der Waals surface area contributed by atoms with E-state index >= 15 is 0 Å². The Morgan fingerprint density at radius 2 is 1.74 bits per heavy atom.